The summed E-state index contributed by atoms with van der Waals surface area (Å²) in [4.78, 5) is 36.3. The van der Waals surface area contributed by atoms with E-state index in [0.29, 0.717) is 0 Å². The molecular weight excluding hydrogens is 268 g/mol. The monoisotopic (exact) mass is 282 g/mol. The van der Waals surface area contributed by atoms with Crippen LogP contribution in [0.2, 0.25) is 0 Å². The Kier molecular flexibility index (Phi) is 3.57. The van der Waals surface area contributed by atoms with E-state index in [2.05, 4.69) is 10.1 Å². The zero-order chi connectivity index (χ0) is 14.0. The molecule has 1 aromatic heterocycles. The summed E-state index contributed by atoms with van der Waals surface area (Å²) in [6, 6.07) is 1.31. The molecule has 0 saturated carbocycles. The molecule has 1 aliphatic heterocycles. The molecule has 0 spiro atoms. The molecule has 1 unspecified atom stereocenters. The Labute approximate surface area is 114 Å². The average Bonchev–Trinajstić information content (AvgIpc) is 2.98. The van der Waals surface area contributed by atoms with Gasteiger partial charge in [0, 0.05) is 6.54 Å². The molecule has 6 nitrogen and oxygen atoms in total. The molecule has 102 valence electrons. The predicted molar refractivity (Wildman–Crippen MR) is 68.5 cm³/mol. The standard InChI is InChI=1S/C12H14N2O4S/c1-12(8-4-6-19-7-8)10(16)14(11(17)13-12)5-3-9(15)18-2/h4,6-7H,3,5H2,1-2H3,(H,13,17). The molecule has 2 heterocycles. The normalized spacial score (nSPS) is 22.5. The maximum atomic E-state index is 12.3. The smallest absolute Gasteiger partial charge is 0.325 e. The highest BCUT2D eigenvalue weighted by molar-refractivity contribution is 7.08. The molecule has 1 aliphatic rings. The fourth-order valence-corrected chi connectivity index (χ4v) is 2.71. The fraction of sp³-hybridized carbons (Fsp3) is 0.417. The van der Waals surface area contributed by atoms with Gasteiger partial charge in [0.25, 0.3) is 5.91 Å². The lowest BCUT2D eigenvalue weighted by Crippen LogP contribution is -2.40. The van der Waals surface area contributed by atoms with Crippen LogP contribution >= 0.6 is 11.3 Å². The molecule has 0 bridgehead atoms. The van der Waals surface area contributed by atoms with Crippen LogP contribution in [0.5, 0.6) is 0 Å². The second-order valence-electron chi connectivity index (χ2n) is 4.35. The van der Waals surface area contributed by atoms with Gasteiger partial charge in [0.1, 0.15) is 5.54 Å². The summed E-state index contributed by atoms with van der Waals surface area (Å²) in [6.07, 6.45) is -0.00459. The van der Waals surface area contributed by atoms with Crippen LogP contribution < -0.4 is 5.32 Å². The summed E-state index contributed by atoms with van der Waals surface area (Å²) in [5.74, 6) is -0.801. The van der Waals surface area contributed by atoms with Crippen LogP contribution in [0.25, 0.3) is 0 Å². The van der Waals surface area contributed by atoms with Crippen molar-refractivity contribution in [3.8, 4) is 0 Å². The molecule has 1 N–H and O–H groups in total. The van der Waals surface area contributed by atoms with E-state index in [9.17, 15) is 14.4 Å². The number of carbonyl (C=O) groups is 3. The first-order chi connectivity index (χ1) is 8.99. The van der Waals surface area contributed by atoms with Gasteiger partial charge in [0.15, 0.2) is 0 Å². The van der Waals surface area contributed by atoms with Crippen molar-refractivity contribution in [2.45, 2.75) is 18.9 Å². The van der Waals surface area contributed by atoms with Gasteiger partial charge in [-0.15, -0.1) is 0 Å². The number of nitrogens with one attached hydrogen (secondary N) is 1. The molecule has 0 radical (unpaired) electrons. The highest BCUT2D eigenvalue weighted by atomic mass is 32.1. The molecule has 7 heteroatoms. The topological polar surface area (TPSA) is 75.7 Å². The first-order valence-corrected chi connectivity index (χ1v) is 6.67. The van der Waals surface area contributed by atoms with Crippen LogP contribution in [-0.4, -0.2) is 36.5 Å². The lowest BCUT2D eigenvalue weighted by atomic mass is 9.95. The number of nitrogens with zero attached hydrogens (tertiary/aromatic N) is 1. The number of thiophene rings is 1. The molecule has 1 aromatic rings. The van der Waals surface area contributed by atoms with E-state index in [4.69, 9.17) is 0 Å². The van der Waals surface area contributed by atoms with Crippen molar-refractivity contribution >= 4 is 29.2 Å². The second kappa shape index (κ2) is 5.00. The minimum absolute atomic E-state index is 0.00459. The molecule has 1 atom stereocenters. The number of amides is 3. The van der Waals surface area contributed by atoms with Crippen molar-refractivity contribution < 1.29 is 19.1 Å². The summed E-state index contributed by atoms with van der Waals surface area (Å²) < 4.78 is 4.50. The number of imide groups is 1. The van der Waals surface area contributed by atoms with Crippen molar-refractivity contribution in [3.05, 3.63) is 22.4 Å². The summed E-state index contributed by atoms with van der Waals surface area (Å²) in [7, 11) is 1.27. The number of rotatable bonds is 4. The van der Waals surface area contributed by atoms with Gasteiger partial charge >= 0.3 is 12.0 Å². The molecule has 3 amide bonds. The number of methoxy groups -OCH3 is 1. The average molecular weight is 282 g/mol. The molecule has 0 aliphatic carbocycles. The van der Waals surface area contributed by atoms with Gasteiger partial charge in [0.2, 0.25) is 0 Å². The number of carbonyl (C=O) groups excluding carboxylic acids is 3. The van der Waals surface area contributed by atoms with Crippen LogP contribution in [0.1, 0.15) is 18.9 Å². The Morgan fingerprint density at radius 1 is 1.53 bits per heavy atom. The zero-order valence-electron chi connectivity index (χ0n) is 10.6. The van der Waals surface area contributed by atoms with Crippen molar-refractivity contribution in [1.82, 2.24) is 10.2 Å². The Morgan fingerprint density at radius 2 is 2.26 bits per heavy atom. The van der Waals surface area contributed by atoms with Gasteiger partial charge in [-0.25, -0.2) is 4.79 Å². The van der Waals surface area contributed by atoms with Crippen molar-refractivity contribution in [2.75, 3.05) is 13.7 Å². The zero-order valence-corrected chi connectivity index (χ0v) is 11.5. The maximum Gasteiger partial charge on any atom is 0.325 e. The van der Waals surface area contributed by atoms with E-state index in [1.165, 1.54) is 18.4 Å². The van der Waals surface area contributed by atoms with E-state index in [-0.39, 0.29) is 18.9 Å². The van der Waals surface area contributed by atoms with E-state index in [1.54, 1.807) is 13.0 Å². The third-order valence-electron chi connectivity index (χ3n) is 3.14. The van der Waals surface area contributed by atoms with Gasteiger partial charge in [-0.3, -0.25) is 14.5 Å². The summed E-state index contributed by atoms with van der Waals surface area (Å²) >= 11 is 1.46. The summed E-state index contributed by atoms with van der Waals surface area (Å²) in [5.41, 5.74) is -0.302. The molecule has 0 aromatic carbocycles. The third-order valence-corrected chi connectivity index (χ3v) is 3.82. The van der Waals surface area contributed by atoms with Crippen LogP contribution in [0.4, 0.5) is 4.79 Å². The summed E-state index contributed by atoms with van der Waals surface area (Å²) in [6.45, 7) is 1.69. The highest BCUT2D eigenvalue weighted by Gasteiger charge is 2.49. The Bertz CT molecular complexity index is 514. The van der Waals surface area contributed by atoms with Crippen molar-refractivity contribution in [3.63, 3.8) is 0 Å². The number of hydrogen-bond acceptors (Lipinski definition) is 5. The maximum absolute atomic E-state index is 12.3. The predicted octanol–water partition coefficient (Wildman–Crippen LogP) is 1.08. The van der Waals surface area contributed by atoms with E-state index in [0.717, 1.165) is 10.5 Å². The molecular formula is C12H14N2O4S. The van der Waals surface area contributed by atoms with E-state index < -0.39 is 17.5 Å². The molecule has 19 heavy (non-hydrogen) atoms. The van der Waals surface area contributed by atoms with Gasteiger partial charge in [-0.2, -0.15) is 11.3 Å². The Morgan fingerprint density at radius 3 is 2.84 bits per heavy atom. The van der Waals surface area contributed by atoms with Gasteiger partial charge in [0.05, 0.1) is 13.5 Å². The SMILES string of the molecule is COC(=O)CCN1C(=O)NC(C)(c2ccsc2)C1=O. The van der Waals surface area contributed by atoms with Gasteiger partial charge in [-0.05, 0) is 29.3 Å². The first kappa shape index (κ1) is 13.5. The lowest BCUT2D eigenvalue weighted by molar-refractivity contribution is -0.141. The van der Waals surface area contributed by atoms with E-state index in [1.807, 2.05) is 10.8 Å². The number of hydrogen-bond donors (Lipinski definition) is 1. The number of esters is 1. The van der Waals surface area contributed by atoms with Gasteiger partial charge < -0.3 is 10.1 Å². The van der Waals surface area contributed by atoms with Crippen molar-refractivity contribution in [2.24, 2.45) is 0 Å². The molecule has 1 fully saturated rings. The van der Waals surface area contributed by atoms with Gasteiger partial charge in [-0.1, -0.05) is 0 Å². The fourth-order valence-electron chi connectivity index (χ4n) is 1.95. The number of urea groups is 1. The third kappa shape index (κ3) is 2.33. The van der Waals surface area contributed by atoms with Crippen LogP contribution in [0.3, 0.4) is 0 Å². The highest BCUT2D eigenvalue weighted by Crippen LogP contribution is 2.30. The minimum atomic E-state index is -1.05. The number of ether oxygens (including phenoxy) is 1. The Hall–Kier alpha value is -1.89. The second-order valence-corrected chi connectivity index (χ2v) is 5.13. The van der Waals surface area contributed by atoms with Crippen LogP contribution in [0.15, 0.2) is 16.8 Å². The quantitative estimate of drug-likeness (QED) is 0.662. The largest absolute Gasteiger partial charge is 0.469 e. The Balaban J connectivity index is 2.15. The molecule has 1 saturated heterocycles. The van der Waals surface area contributed by atoms with Crippen molar-refractivity contribution in [1.29, 1.82) is 0 Å². The lowest BCUT2D eigenvalue weighted by Gasteiger charge is -2.20. The summed E-state index contributed by atoms with van der Waals surface area (Å²) in [5, 5.41) is 6.33. The van der Waals surface area contributed by atoms with Crippen LogP contribution in [-0.2, 0) is 19.9 Å². The minimum Gasteiger partial charge on any atom is -0.469 e. The molecule has 2 rings (SSSR count). The van der Waals surface area contributed by atoms with E-state index >= 15 is 0 Å². The first-order valence-electron chi connectivity index (χ1n) is 5.72. The van der Waals surface area contributed by atoms with Crippen LogP contribution in [0, 0.1) is 0 Å².